The fourth-order valence-corrected chi connectivity index (χ4v) is 1.44. The Labute approximate surface area is 113 Å². The normalized spacial score (nSPS) is 10.2. The first kappa shape index (κ1) is 13.8. The van der Waals surface area contributed by atoms with E-state index < -0.39 is 0 Å². The van der Waals surface area contributed by atoms with Gasteiger partial charge in [-0.2, -0.15) is 5.10 Å². The zero-order valence-electron chi connectivity index (χ0n) is 8.91. The number of nitrogens with one attached hydrogen (secondary N) is 2. The van der Waals surface area contributed by atoms with Crippen LogP contribution in [0.1, 0.15) is 5.56 Å². The molecule has 0 bridgehead atoms. The van der Waals surface area contributed by atoms with E-state index in [-0.39, 0.29) is 5.82 Å². The molecular formula is C11H11BrFN3S. The van der Waals surface area contributed by atoms with Gasteiger partial charge in [-0.3, -0.25) is 5.43 Å². The molecule has 0 atom stereocenters. The van der Waals surface area contributed by atoms with Crippen LogP contribution in [0.4, 0.5) is 4.39 Å². The largest absolute Gasteiger partial charge is 0.358 e. The molecule has 90 valence electrons. The van der Waals surface area contributed by atoms with Gasteiger partial charge >= 0.3 is 0 Å². The smallest absolute Gasteiger partial charge is 0.187 e. The van der Waals surface area contributed by atoms with Crippen molar-refractivity contribution in [2.45, 2.75) is 0 Å². The molecule has 0 fully saturated rings. The number of nitrogens with zero attached hydrogens (tertiary/aromatic N) is 1. The van der Waals surface area contributed by atoms with Gasteiger partial charge in [0.05, 0.1) is 6.21 Å². The number of halogens is 2. The van der Waals surface area contributed by atoms with E-state index in [1.54, 1.807) is 18.2 Å². The number of thiocarbonyl (C=S) groups is 1. The van der Waals surface area contributed by atoms with E-state index in [1.165, 1.54) is 12.3 Å². The van der Waals surface area contributed by atoms with E-state index in [4.69, 9.17) is 12.2 Å². The van der Waals surface area contributed by atoms with Crippen LogP contribution in [0.2, 0.25) is 0 Å². The van der Waals surface area contributed by atoms with E-state index in [2.05, 4.69) is 38.4 Å². The Hall–Kier alpha value is -1.27. The predicted octanol–water partition coefficient (Wildman–Crippen LogP) is 2.57. The quantitative estimate of drug-likeness (QED) is 0.388. The van der Waals surface area contributed by atoms with Crippen LogP contribution in [0, 0.1) is 5.82 Å². The molecule has 17 heavy (non-hydrogen) atoms. The summed E-state index contributed by atoms with van der Waals surface area (Å²) in [5.74, 6) is -0.352. The molecular weight excluding hydrogens is 305 g/mol. The van der Waals surface area contributed by atoms with Crippen molar-refractivity contribution in [3.05, 3.63) is 46.7 Å². The maximum Gasteiger partial charge on any atom is 0.187 e. The van der Waals surface area contributed by atoms with Gasteiger partial charge in [-0.15, -0.1) is 6.58 Å². The lowest BCUT2D eigenvalue weighted by Gasteiger charge is -2.03. The highest BCUT2D eigenvalue weighted by Crippen LogP contribution is 2.13. The molecule has 0 aliphatic carbocycles. The second-order valence-corrected chi connectivity index (χ2v) is 4.36. The highest BCUT2D eigenvalue weighted by Gasteiger charge is 1.99. The van der Waals surface area contributed by atoms with Gasteiger partial charge in [-0.05, 0) is 30.4 Å². The Morgan fingerprint density at radius 2 is 2.35 bits per heavy atom. The third kappa shape index (κ3) is 5.06. The number of hydrazone groups is 1. The summed E-state index contributed by atoms with van der Waals surface area (Å²) in [5, 5.41) is 7.01. The van der Waals surface area contributed by atoms with Crippen LogP contribution in [0.5, 0.6) is 0 Å². The van der Waals surface area contributed by atoms with Crippen LogP contribution in [0.15, 0.2) is 40.4 Å². The van der Waals surface area contributed by atoms with E-state index in [0.29, 0.717) is 21.7 Å². The van der Waals surface area contributed by atoms with Crippen LogP contribution in [-0.2, 0) is 0 Å². The monoisotopic (exact) mass is 315 g/mol. The van der Waals surface area contributed by atoms with Gasteiger partial charge in [0.2, 0.25) is 0 Å². The maximum absolute atomic E-state index is 13.4. The summed E-state index contributed by atoms with van der Waals surface area (Å²) in [6.07, 6.45) is 3.04. The zero-order valence-corrected chi connectivity index (χ0v) is 11.3. The van der Waals surface area contributed by atoms with Gasteiger partial charge in [0.1, 0.15) is 5.82 Å². The fraction of sp³-hybridized carbons (Fsp3) is 0.0909. The summed E-state index contributed by atoms with van der Waals surface area (Å²) in [7, 11) is 0. The van der Waals surface area contributed by atoms with Crippen molar-refractivity contribution in [1.29, 1.82) is 0 Å². The van der Waals surface area contributed by atoms with Crippen molar-refractivity contribution in [2.24, 2.45) is 5.10 Å². The fourth-order valence-electron chi connectivity index (χ4n) is 0.971. The zero-order chi connectivity index (χ0) is 12.7. The van der Waals surface area contributed by atoms with Crippen LogP contribution in [0.25, 0.3) is 0 Å². The highest BCUT2D eigenvalue weighted by atomic mass is 79.9. The van der Waals surface area contributed by atoms with Crippen LogP contribution in [0.3, 0.4) is 0 Å². The Kier molecular flexibility index (Phi) is 5.79. The first-order valence-corrected chi connectivity index (χ1v) is 5.96. The minimum Gasteiger partial charge on any atom is -0.358 e. The first-order valence-electron chi connectivity index (χ1n) is 4.76. The second-order valence-electron chi connectivity index (χ2n) is 3.03. The minimum atomic E-state index is -0.352. The van der Waals surface area contributed by atoms with Gasteiger partial charge in [-0.25, -0.2) is 4.39 Å². The molecule has 0 aromatic heterocycles. The van der Waals surface area contributed by atoms with Crippen LogP contribution >= 0.6 is 28.1 Å². The van der Waals surface area contributed by atoms with Crippen molar-refractivity contribution >= 4 is 39.5 Å². The molecule has 1 rings (SSSR count). The van der Waals surface area contributed by atoms with E-state index in [1.807, 2.05) is 0 Å². The SMILES string of the molecule is C=CCNC(=S)N/N=C\c1ccc(Br)cc1F. The van der Waals surface area contributed by atoms with Crippen molar-refractivity contribution in [2.75, 3.05) is 6.54 Å². The maximum atomic E-state index is 13.4. The average Bonchev–Trinajstić information content (AvgIpc) is 2.29. The lowest BCUT2D eigenvalue weighted by atomic mass is 10.2. The number of benzene rings is 1. The van der Waals surface area contributed by atoms with Gasteiger partial charge in [-0.1, -0.05) is 22.0 Å². The molecule has 0 amide bonds. The van der Waals surface area contributed by atoms with E-state index in [9.17, 15) is 4.39 Å². The molecule has 0 aliphatic heterocycles. The topological polar surface area (TPSA) is 36.4 Å². The summed E-state index contributed by atoms with van der Waals surface area (Å²) < 4.78 is 14.1. The Bertz CT molecular complexity index is 448. The molecule has 2 N–H and O–H groups in total. The molecule has 3 nitrogen and oxygen atoms in total. The van der Waals surface area contributed by atoms with Gasteiger partial charge in [0.25, 0.3) is 0 Å². The number of hydrogen-bond donors (Lipinski definition) is 2. The molecule has 0 aliphatic rings. The minimum absolute atomic E-state index is 0.352. The van der Waals surface area contributed by atoms with E-state index in [0.717, 1.165) is 0 Å². The van der Waals surface area contributed by atoms with Crippen LogP contribution < -0.4 is 10.7 Å². The Morgan fingerprint density at radius 3 is 3.00 bits per heavy atom. The summed E-state index contributed by atoms with van der Waals surface area (Å²) in [4.78, 5) is 0. The van der Waals surface area contributed by atoms with Gasteiger partial charge in [0, 0.05) is 16.6 Å². The first-order chi connectivity index (χ1) is 8.13. The molecule has 1 aromatic carbocycles. The predicted molar refractivity (Wildman–Crippen MR) is 75.6 cm³/mol. The van der Waals surface area contributed by atoms with Crippen molar-refractivity contribution in [1.82, 2.24) is 10.7 Å². The molecule has 0 saturated carbocycles. The Morgan fingerprint density at radius 1 is 1.59 bits per heavy atom. The standard InChI is InChI=1S/C11H11BrFN3S/c1-2-5-14-11(17)16-15-7-8-3-4-9(12)6-10(8)13/h2-4,6-7H,1,5H2,(H2,14,16,17)/b15-7-. The van der Waals surface area contributed by atoms with Gasteiger partial charge < -0.3 is 5.32 Å². The summed E-state index contributed by atoms with van der Waals surface area (Å²) >= 11 is 8.08. The number of rotatable bonds is 4. The van der Waals surface area contributed by atoms with Crippen molar-refractivity contribution < 1.29 is 4.39 Å². The number of hydrogen-bond acceptors (Lipinski definition) is 2. The molecule has 1 aromatic rings. The summed E-state index contributed by atoms with van der Waals surface area (Å²) in [6.45, 7) is 4.09. The third-order valence-corrected chi connectivity index (χ3v) is 2.47. The van der Waals surface area contributed by atoms with Crippen molar-refractivity contribution in [3.8, 4) is 0 Å². The van der Waals surface area contributed by atoms with E-state index >= 15 is 0 Å². The highest BCUT2D eigenvalue weighted by molar-refractivity contribution is 9.10. The molecule has 0 saturated heterocycles. The van der Waals surface area contributed by atoms with Crippen molar-refractivity contribution in [3.63, 3.8) is 0 Å². The summed E-state index contributed by atoms with van der Waals surface area (Å²) in [5.41, 5.74) is 2.95. The third-order valence-electron chi connectivity index (χ3n) is 1.74. The van der Waals surface area contributed by atoms with Crippen LogP contribution in [-0.4, -0.2) is 17.9 Å². The molecule has 0 heterocycles. The lowest BCUT2D eigenvalue weighted by Crippen LogP contribution is -2.31. The Balaban J connectivity index is 2.53. The second kappa shape index (κ2) is 7.13. The molecule has 0 radical (unpaired) electrons. The molecule has 6 heteroatoms. The summed E-state index contributed by atoms with van der Waals surface area (Å²) in [6, 6.07) is 4.72. The molecule has 0 spiro atoms. The lowest BCUT2D eigenvalue weighted by molar-refractivity contribution is 0.625. The van der Waals surface area contributed by atoms with Gasteiger partial charge in [0.15, 0.2) is 5.11 Å². The average molecular weight is 316 g/mol. The molecule has 0 unspecified atom stereocenters.